The summed E-state index contributed by atoms with van der Waals surface area (Å²) in [5.74, 6) is 0.969. The van der Waals surface area contributed by atoms with Gasteiger partial charge in [0.2, 0.25) is 0 Å². The fraction of sp³-hybridized carbons (Fsp3) is 0.143. The Labute approximate surface area is 109 Å². The van der Waals surface area contributed by atoms with Crippen LogP contribution >= 0.6 is 0 Å². The average molecular weight is 269 g/mol. The highest BCUT2D eigenvalue weighted by Crippen LogP contribution is 2.31. The first kappa shape index (κ1) is 15.0. The van der Waals surface area contributed by atoms with Crippen LogP contribution in [0.25, 0.3) is 0 Å². The second-order valence-corrected chi connectivity index (χ2v) is 3.44. The summed E-state index contributed by atoms with van der Waals surface area (Å²) in [6.07, 6.45) is -4.31. The van der Waals surface area contributed by atoms with Crippen molar-refractivity contribution < 1.29 is 17.9 Å². The Hall–Kier alpha value is -2.01. The zero-order chi connectivity index (χ0) is 14.3. The van der Waals surface area contributed by atoms with E-state index in [0.29, 0.717) is 11.5 Å². The number of para-hydroxylation sites is 1. The molecule has 2 aromatic rings. The fourth-order valence-corrected chi connectivity index (χ4v) is 1.34. The van der Waals surface area contributed by atoms with Gasteiger partial charge in [-0.05, 0) is 43.4 Å². The predicted octanol–water partition coefficient (Wildman–Crippen LogP) is 4.07. The van der Waals surface area contributed by atoms with Gasteiger partial charge in [0.25, 0.3) is 0 Å². The number of hydrogen-bond acceptors (Lipinski definition) is 2. The largest absolute Gasteiger partial charge is 0.457 e. The Kier molecular flexibility index (Phi) is 5.38. The molecule has 0 aromatic heterocycles. The molecular weight excluding hydrogens is 255 g/mol. The van der Waals surface area contributed by atoms with E-state index in [4.69, 9.17) is 4.74 Å². The second-order valence-electron chi connectivity index (χ2n) is 3.44. The zero-order valence-corrected chi connectivity index (χ0v) is 10.3. The maximum atomic E-state index is 12.3. The van der Waals surface area contributed by atoms with Gasteiger partial charge in [-0.15, -0.1) is 0 Å². The van der Waals surface area contributed by atoms with Crippen molar-refractivity contribution >= 4 is 0 Å². The molecule has 0 saturated carbocycles. The first-order chi connectivity index (χ1) is 9.05. The van der Waals surface area contributed by atoms with Gasteiger partial charge in [-0.1, -0.05) is 18.2 Å². The molecule has 19 heavy (non-hydrogen) atoms. The quantitative estimate of drug-likeness (QED) is 0.891. The molecule has 2 N–H and O–H groups in total. The molecule has 2 nitrogen and oxygen atoms in total. The Morgan fingerprint density at radius 3 is 1.74 bits per heavy atom. The Bertz CT molecular complexity index is 480. The van der Waals surface area contributed by atoms with Gasteiger partial charge < -0.3 is 10.5 Å². The summed E-state index contributed by atoms with van der Waals surface area (Å²) in [5, 5.41) is 0. The third-order valence-corrected chi connectivity index (χ3v) is 2.16. The van der Waals surface area contributed by atoms with Crippen LogP contribution in [0.3, 0.4) is 0 Å². The molecule has 0 fully saturated rings. The molecule has 0 saturated heterocycles. The lowest BCUT2D eigenvalue weighted by atomic mass is 10.2. The number of rotatable bonds is 2. The SMILES string of the molecule is CN.FC(F)(F)c1ccc(Oc2ccccc2)cc1. The van der Waals surface area contributed by atoms with Crippen LogP contribution in [0.4, 0.5) is 13.2 Å². The summed E-state index contributed by atoms with van der Waals surface area (Å²) >= 11 is 0. The molecule has 102 valence electrons. The molecule has 5 heteroatoms. The normalized spacial score (nSPS) is 10.4. The Morgan fingerprint density at radius 2 is 1.26 bits per heavy atom. The van der Waals surface area contributed by atoms with Crippen molar-refractivity contribution in [1.82, 2.24) is 0 Å². The minimum atomic E-state index is -4.31. The summed E-state index contributed by atoms with van der Waals surface area (Å²) < 4.78 is 42.3. The molecule has 0 atom stereocenters. The highest BCUT2D eigenvalue weighted by atomic mass is 19.4. The van der Waals surface area contributed by atoms with Gasteiger partial charge in [0, 0.05) is 0 Å². The number of nitrogens with two attached hydrogens (primary N) is 1. The van der Waals surface area contributed by atoms with Crippen LogP contribution in [0.15, 0.2) is 54.6 Å². The van der Waals surface area contributed by atoms with E-state index in [1.165, 1.54) is 19.2 Å². The Balaban J connectivity index is 0.000000861. The van der Waals surface area contributed by atoms with Crippen LogP contribution in [0.1, 0.15) is 5.56 Å². The maximum Gasteiger partial charge on any atom is 0.416 e. The van der Waals surface area contributed by atoms with Crippen LogP contribution in [0.2, 0.25) is 0 Å². The van der Waals surface area contributed by atoms with Crippen molar-refractivity contribution in [3.63, 3.8) is 0 Å². The second kappa shape index (κ2) is 6.80. The zero-order valence-electron chi connectivity index (χ0n) is 10.3. The van der Waals surface area contributed by atoms with Gasteiger partial charge in [0.05, 0.1) is 5.56 Å². The predicted molar refractivity (Wildman–Crippen MR) is 68.1 cm³/mol. The lowest BCUT2D eigenvalue weighted by molar-refractivity contribution is -0.137. The van der Waals surface area contributed by atoms with Crippen molar-refractivity contribution in [2.24, 2.45) is 5.73 Å². The summed E-state index contributed by atoms with van der Waals surface area (Å²) in [4.78, 5) is 0. The fourth-order valence-electron chi connectivity index (χ4n) is 1.34. The van der Waals surface area contributed by atoms with Gasteiger partial charge in [0.15, 0.2) is 0 Å². The monoisotopic (exact) mass is 269 g/mol. The van der Waals surface area contributed by atoms with E-state index in [2.05, 4.69) is 5.73 Å². The molecule has 0 aliphatic heterocycles. The minimum Gasteiger partial charge on any atom is -0.457 e. The van der Waals surface area contributed by atoms with Crippen molar-refractivity contribution in [3.05, 3.63) is 60.2 Å². The van der Waals surface area contributed by atoms with Gasteiger partial charge >= 0.3 is 6.18 Å². The minimum absolute atomic E-state index is 0.379. The first-order valence-electron chi connectivity index (χ1n) is 5.53. The molecule has 2 rings (SSSR count). The third kappa shape index (κ3) is 4.63. The van der Waals surface area contributed by atoms with Crippen LogP contribution in [0.5, 0.6) is 11.5 Å². The van der Waals surface area contributed by atoms with Gasteiger partial charge in [-0.25, -0.2) is 0 Å². The summed E-state index contributed by atoms with van der Waals surface area (Å²) in [7, 11) is 1.50. The van der Waals surface area contributed by atoms with Gasteiger partial charge in [-0.2, -0.15) is 13.2 Å². The standard InChI is InChI=1S/C13H9F3O.CH5N/c14-13(15,16)10-6-8-12(9-7-10)17-11-4-2-1-3-5-11;1-2/h1-9H;2H2,1H3. The highest BCUT2D eigenvalue weighted by Gasteiger charge is 2.29. The van der Waals surface area contributed by atoms with E-state index in [1.807, 2.05) is 6.07 Å². The topological polar surface area (TPSA) is 35.2 Å². The average Bonchev–Trinajstić information content (AvgIpc) is 2.42. The van der Waals surface area contributed by atoms with E-state index in [0.717, 1.165) is 12.1 Å². The van der Waals surface area contributed by atoms with Crippen molar-refractivity contribution in [3.8, 4) is 11.5 Å². The van der Waals surface area contributed by atoms with Crippen LogP contribution < -0.4 is 10.5 Å². The smallest absolute Gasteiger partial charge is 0.416 e. The highest BCUT2D eigenvalue weighted by molar-refractivity contribution is 5.33. The van der Waals surface area contributed by atoms with E-state index in [9.17, 15) is 13.2 Å². The molecule has 0 amide bonds. The molecule has 0 aliphatic carbocycles. The van der Waals surface area contributed by atoms with Gasteiger partial charge in [-0.3, -0.25) is 0 Å². The Morgan fingerprint density at radius 1 is 0.789 bits per heavy atom. The molecule has 0 unspecified atom stereocenters. The van der Waals surface area contributed by atoms with E-state index in [1.54, 1.807) is 24.3 Å². The molecule has 0 radical (unpaired) electrons. The van der Waals surface area contributed by atoms with E-state index in [-0.39, 0.29) is 0 Å². The van der Waals surface area contributed by atoms with Crippen molar-refractivity contribution in [1.29, 1.82) is 0 Å². The molecule has 0 spiro atoms. The molecule has 2 aromatic carbocycles. The first-order valence-corrected chi connectivity index (χ1v) is 5.53. The van der Waals surface area contributed by atoms with Gasteiger partial charge in [0.1, 0.15) is 11.5 Å². The molecule has 0 aliphatic rings. The van der Waals surface area contributed by atoms with E-state index < -0.39 is 11.7 Å². The van der Waals surface area contributed by atoms with Crippen molar-refractivity contribution in [2.75, 3.05) is 7.05 Å². The lowest BCUT2D eigenvalue weighted by Gasteiger charge is -2.08. The summed E-state index contributed by atoms with van der Waals surface area (Å²) in [6, 6.07) is 13.5. The third-order valence-electron chi connectivity index (χ3n) is 2.16. The van der Waals surface area contributed by atoms with Crippen LogP contribution in [0, 0.1) is 0 Å². The number of halogens is 3. The molecule has 0 heterocycles. The number of hydrogen-bond donors (Lipinski definition) is 1. The number of alkyl halides is 3. The summed E-state index contributed by atoms with van der Waals surface area (Å²) in [6.45, 7) is 0. The number of benzene rings is 2. The van der Waals surface area contributed by atoms with Crippen LogP contribution in [-0.4, -0.2) is 7.05 Å². The lowest BCUT2D eigenvalue weighted by Crippen LogP contribution is -2.03. The van der Waals surface area contributed by atoms with E-state index >= 15 is 0 Å². The maximum absolute atomic E-state index is 12.3. The van der Waals surface area contributed by atoms with Crippen molar-refractivity contribution in [2.45, 2.75) is 6.18 Å². The van der Waals surface area contributed by atoms with Crippen LogP contribution in [-0.2, 0) is 6.18 Å². The molecule has 0 bridgehead atoms. The molecular formula is C14H14F3NO. The summed E-state index contributed by atoms with van der Waals surface area (Å²) in [5.41, 5.74) is 3.82. The number of ether oxygens (including phenoxy) is 1.